The quantitative estimate of drug-likeness (QED) is 0.299. The Morgan fingerprint density at radius 1 is 0.714 bits per heavy atom. The van der Waals surface area contributed by atoms with E-state index in [0.29, 0.717) is 0 Å². The molecule has 2 heteroatoms. The van der Waals surface area contributed by atoms with Crippen molar-refractivity contribution in [1.82, 2.24) is 0 Å². The molecule has 1 spiro atoms. The zero-order valence-corrected chi connectivity index (χ0v) is 17.0. The predicted molar refractivity (Wildman–Crippen MR) is 111 cm³/mol. The van der Waals surface area contributed by atoms with Crippen molar-refractivity contribution in [3.63, 3.8) is 0 Å². The Bertz CT molecular complexity index is 653. The minimum Gasteiger partial charge on any atom is -0.107 e. The number of allylic oxidation sites excluding steroid dienone is 2. The zero-order valence-electron chi connectivity index (χ0n) is 12.3. The lowest BCUT2D eigenvalue weighted by Crippen LogP contribution is -2.23. The highest BCUT2D eigenvalue weighted by atomic mass is 127. The molecule has 0 atom stereocenters. The molecule has 0 nitrogen and oxygen atoms in total. The maximum atomic E-state index is 2.44. The average molecular weight is 502 g/mol. The lowest BCUT2D eigenvalue weighted by Gasteiger charge is -2.29. The Labute approximate surface area is 161 Å². The monoisotopic (exact) mass is 502 g/mol. The van der Waals surface area contributed by atoms with Crippen LogP contribution in [-0.2, 0) is 5.41 Å². The zero-order chi connectivity index (χ0) is 13.1. The molecule has 0 saturated carbocycles. The van der Waals surface area contributed by atoms with Gasteiger partial charge in [0, 0.05) is 5.41 Å². The molecule has 0 radical (unpaired) electrons. The van der Waals surface area contributed by atoms with E-state index in [1.165, 1.54) is 28.7 Å². The Morgan fingerprint density at radius 2 is 1.19 bits per heavy atom. The lowest BCUT2D eigenvalue weighted by atomic mass is 9.73. The van der Waals surface area contributed by atoms with E-state index in [1.54, 1.807) is 0 Å². The molecule has 110 valence electrons. The molecule has 2 aliphatic rings. The van der Waals surface area contributed by atoms with Gasteiger partial charge in [0.15, 0.2) is 0 Å². The molecule has 0 aliphatic heterocycles. The second kappa shape index (κ2) is 5.69. The van der Waals surface area contributed by atoms with Gasteiger partial charge in [-0.3, -0.25) is 0 Å². The van der Waals surface area contributed by atoms with Gasteiger partial charge >= 0.3 is 0 Å². The fraction of sp³-hybridized carbons (Fsp3) is 0.263. The van der Waals surface area contributed by atoms with Gasteiger partial charge in [-0.25, -0.2) is 0 Å². The fourth-order valence-electron chi connectivity index (χ4n) is 3.93. The Hall–Kier alpha value is -0.360. The van der Waals surface area contributed by atoms with Gasteiger partial charge in [0.1, 0.15) is 0 Å². The van der Waals surface area contributed by atoms with Gasteiger partial charge in [-0.1, -0.05) is 74.5 Å². The molecule has 0 saturated heterocycles. The van der Waals surface area contributed by atoms with Crippen LogP contribution in [-0.4, -0.2) is 0 Å². The first-order valence-electron chi connectivity index (χ1n) is 7.02. The third-order valence-electron chi connectivity index (χ3n) is 4.66. The van der Waals surface area contributed by atoms with Crippen LogP contribution in [0.15, 0.2) is 60.7 Å². The number of hydrogen-bond acceptors (Lipinski definition) is 0. The maximum absolute atomic E-state index is 2.44. The Morgan fingerprint density at radius 3 is 1.62 bits per heavy atom. The summed E-state index contributed by atoms with van der Waals surface area (Å²) in [6.07, 6.45) is 6.01. The molecule has 4 rings (SSSR count). The summed E-state index contributed by atoms with van der Waals surface area (Å²) in [5.74, 6) is 0. The number of halogens is 2. The third kappa shape index (κ3) is 2.38. The van der Waals surface area contributed by atoms with Crippen LogP contribution in [0.3, 0.4) is 0 Å². The van der Waals surface area contributed by atoms with E-state index in [2.05, 4.69) is 74.5 Å². The van der Waals surface area contributed by atoms with E-state index in [9.17, 15) is 0 Å². The topological polar surface area (TPSA) is 0 Å². The first-order chi connectivity index (χ1) is 9.12. The summed E-state index contributed by atoms with van der Waals surface area (Å²) >= 11 is 0. The molecule has 21 heavy (non-hydrogen) atoms. The van der Waals surface area contributed by atoms with Crippen LogP contribution < -0.4 is 0 Å². The molecule has 0 unspecified atom stereocenters. The predicted octanol–water partition coefficient (Wildman–Crippen LogP) is 6.18. The number of rotatable bonds is 0. The molecule has 0 bridgehead atoms. The van der Waals surface area contributed by atoms with Crippen LogP contribution in [0.1, 0.15) is 31.4 Å². The molecule has 0 amide bonds. The molecule has 0 N–H and O–H groups in total. The summed E-state index contributed by atoms with van der Waals surface area (Å²) in [4.78, 5) is 0. The van der Waals surface area contributed by atoms with Crippen molar-refractivity contribution in [2.24, 2.45) is 5.41 Å². The summed E-state index contributed by atoms with van der Waals surface area (Å²) in [5, 5.41) is 0. The highest BCUT2D eigenvalue weighted by Crippen LogP contribution is 2.57. The van der Waals surface area contributed by atoms with Crippen LogP contribution in [0.2, 0.25) is 0 Å². The van der Waals surface area contributed by atoms with Crippen molar-refractivity contribution >= 4 is 48.0 Å². The van der Waals surface area contributed by atoms with Crippen LogP contribution in [0, 0.1) is 5.41 Å². The Kier molecular flexibility index (Phi) is 4.60. The smallest absolute Gasteiger partial charge is 0.0402 e. The van der Waals surface area contributed by atoms with Crippen molar-refractivity contribution in [3.05, 3.63) is 71.8 Å². The van der Waals surface area contributed by atoms with Gasteiger partial charge in [0.05, 0.1) is 0 Å². The van der Waals surface area contributed by atoms with Crippen molar-refractivity contribution in [1.29, 1.82) is 0 Å². The van der Waals surface area contributed by atoms with Crippen molar-refractivity contribution in [3.8, 4) is 11.1 Å². The summed E-state index contributed by atoms with van der Waals surface area (Å²) in [7, 11) is 0. The Balaban J connectivity index is 0.000000807. The highest BCUT2D eigenvalue weighted by molar-refractivity contribution is 14.0. The van der Waals surface area contributed by atoms with Gasteiger partial charge < -0.3 is 0 Å². The van der Waals surface area contributed by atoms with Crippen molar-refractivity contribution in [2.75, 3.05) is 0 Å². The minimum absolute atomic E-state index is 0. The van der Waals surface area contributed by atoms with Gasteiger partial charge in [-0.2, -0.15) is 0 Å². The largest absolute Gasteiger partial charge is 0.107 e. The van der Waals surface area contributed by atoms with Gasteiger partial charge in [0.2, 0.25) is 0 Å². The molecular weight excluding hydrogens is 482 g/mol. The summed E-state index contributed by atoms with van der Waals surface area (Å²) in [6.45, 7) is 4.67. The summed E-state index contributed by atoms with van der Waals surface area (Å²) in [6, 6.07) is 17.8. The maximum Gasteiger partial charge on any atom is 0.0402 e. The van der Waals surface area contributed by atoms with E-state index in [1.807, 2.05) is 0 Å². The second-order valence-corrected chi connectivity index (χ2v) is 6.56. The molecular formula is C19H20I2. The number of fused-ring (bicyclic) bond motifs is 5. The standard InChI is InChI=1S/C19H18.2HI/c1-18(2)11-12-19(13-18)16-9-5-3-7-14(16)15-8-4-6-10-17(15)19;;/h3-12H,13H2,1-2H3;2*1H. The molecule has 0 fully saturated rings. The lowest BCUT2D eigenvalue weighted by molar-refractivity contribution is 0.406. The van der Waals surface area contributed by atoms with E-state index in [-0.39, 0.29) is 58.8 Å². The third-order valence-corrected chi connectivity index (χ3v) is 4.66. The first-order valence-corrected chi connectivity index (χ1v) is 7.02. The number of hydrogen-bond donors (Lipinski definition) is 0. The number of benzene rings is 2. The van der Waals surface area contributed by atoms with Crippen LogP contribution in [0.5, 0.6) is 0 Å². The van der Waals surface area contributed by atoms with Crippen LogP contribution >= 0.6 is 48.0 Å². The van der Waals surface area contributed by atoms with Gasteiger partial charge in [-0.15, -0.1) is 48.0 Å². The average Bonchev–Trinajstić information content (AvgIpc) is 2.89. The van der Waals surface area contributed by atoms with Crippen molar-refractivity contribution < 1.29 is 0 Å². The van der Waals surface area contributed by atoms with Crippen LogP contribution in [0.4, 0.5) is 0 Å². The van der Waals surface area contributed by atoms with E-state index >= 15 is 0 Å². The van der Waals surface area contributed by atoms with E-state index in [4.69, 9.17) is 0 Å². The second-order valence-electron chi connectivity index (χ2n) is 6.56. The molecule has 0 heterocycles. The molecule has 2 aromatic rings. The van der Waals surface area contributed by atoms with Gasteiger partial charge in [0.25, 0.3) is 0 Å². The highest BCUT2D eigenvalue weighted by Gasteiger charge is 2.46. The SMILES string of the molecule is CC1(C)C=CC2(C1)c1ccccc1-c1ccccc12.I.I. The van der Waals surface area contributed by atoms with Crippen LogP contribution in [0.25, 0.3) is 11.1 Å². The van der Waals surface area contributed by atoms with E-state index in [0.717, 1.165) is 0 Å². The van der Waals surface area contributed by atoms with Crippen molar-refractivity contribution in [2.45, 2.75) is 25.7 Å². The molecule has 0 aromatic heterocycles. The van der Waals surface area contributed by atoms with Gasteiger partial charge in [-0.05, 0) is 34.1 Å². The first kappa shape index (κ1) is 17.0. The van der Waals surface area contributed by atoms with E-state index < -0.39 is 0 Å². The molecule has 2 aliphatic carbocycles. The fourth-order valence-corrected chi connectivity index (χ4v) is 3.93. The summed E-state index contributed by atoms with van der Waals surface area (Å²) < 4.78 is 0. The minimum atomic E-state index is 0. The normalized spacial score (nSPS) is 18.6. The summed E-state index contributed by atoms with van der Waals surface area (Å²) in [5.41, 5.74) is 6.19. The molecule has 2 aromatic carbocycles.